The van der Waals surface area contributed by atoms with E-state index in [1.54, 1.807) is 18.2 Å². The van der Waals surface area contributed by atoms with Gasteiger partial charge in [0.15, 0.2) is 6.10 Å². The van der Waals surface area contributed by atoms with E-state index in [4.69, 9.17) is 9.57 Å². The molecule has 0 spiro atoms. The van der Waals surface area contributed by atoms with Crippen LogP contribution in [0.5, 0.6) is 5.75 Å². The molecule has 0 saturated heterocycles. The number of carbonyl (C=O) groups is 2. The predicted molar refractivity (Wildman–Crippen MR) is 132 cm³/mol. The second-order valence-corrected chi connectivity index (χ2v) is 10.0. The fourth-order valence-corrected chi connectivity index (χ4v) is 5.89. The zero-order valence-electron chi connectivity index (χ0n) is 20.9. The second-order valence-electron chi connectivity index (χ2n) is 10.0. The van der Waals surface area contributed by atoms with Crippen LogP contribution in [0.2, 0.25) is 0 Å². The zero-order chi connectivity index (χ0) is 27.9. The van der Waals surface area contributed by atoms with Gasteiger partial charge in [-0.15, -0.1) is 0 Å². The van der Waals surface area contributed by atoms with Crippen molar-refractivity contribution in [3.05, 3.63) is 58.9 Å². The number of methoxy groups -OCH3 is 1. The number of aliphatic hydroxyl groups excluding tert-OH is 1. The minimum absolute atomic E-state index is 0.0218. The third kappa shape index (κ3) is 5.17. The van der Waals surface area contributed by atoms with Crippen molar-refractivity contribution in [3.63, 3.8) is 0 Å². The Kier molecular flexibility index (Phi) is 7.23. The van der Waals surface area contributed by atoms with Gasteiger partial charge in [-0.2, -0.15) is 13.2 Å². The van der Waals surface area contributed by atoms with Gasteiger partial charge >= 0.3 is 6.18 Å². The van der Waals surface area contributed by atoms with Crippen LogP contribution in [0.4, 0.5) is 23.2 Å². The summed E-state index contributed by atoms with van der Waals surface area (Å²) in [5.41, 5.74) is -0.225. The summed E-state index contributed by atoms with van der Waals surface area (Å²) >= 11 is 0. The van der Waals surface area contributed by atoms with E-state index in [9.17, 15) is 32.3 Å². The molecule has 2 amide bonds. The maximum absolute atomic E-state index is 13.7. The number of carbonyl (C=O) groups excluding carboxylic acids is 2. The maximum Gasteiger partial charge on any atom is 0.419 e. The molecule has 0 radical (unpaired) electrons. The number of anilines is 1. The van der Waals surface area contributed by atoms with E-state index in [1.807, 2.05) is 0 Å². The van der Waals surface area contributed by atoms with Crippen molar-refractivity contribution in [2.75, 3.05) is 19.0 Å². The van der Waals surface area contributed by atoms with Crippen molar-refractivity contribution in [2.45, 2.75) is 44.0 Å². The highest BCUT2D eigenvalue weighted by molar-refractivity contribution is 6.05. The number of ether oxygens (including phenoxy) is 1. The molecule has 2 saturated carbocycles. The Morgan fingerprint density at radius 3 is 2.62 bits per heavy atom. The number of oxime groups is 1. The van der Waals surface area contributed by atoms with E-state index < -0.39 is 47.4 Å². The number of halogens is 4. The predicted octanol–water partition coefficient (Wildman–Crippen LogP) is 4.12. The molecule has 0 bridgehead atoms. The molecule has 1 unspecified atom stereocenters. The Morgan fingerprint density at radius 1 is 1.15 bits per heavy atom. The summed E-state index contributed by atoms with van der Waals surface area (Å²) in [6, 6.07) is 6.72. The van der Waals surface area contributed by atoms with Crippen LogP contribution in [0.25, 0.3) is 0 Å². The number of benzene rings is 2. The van der Waals surface area contributed by atoms with Crippen molar-refractivity contribution in [1.29, 1.82) is 0 Å². The van der Waals surface area contributed by atoms with Crippen LogP contribution in [-0.4, -0.2) is 48.5 Å². The van der Waals surface area contributed by atoms with Gasteiger partial charge in [0.1, 0.15) is 11.6 Å². The molecular formula is C27H27F4N3O5. The number of fused-ring (bicyclic) bond motifs is 1. The lowest BCUT2D eigenvalue weighted by Crippen LogP contribution is -2.61. The highest BCUT2D eigenvalue weighted by Crippen LogP contribution is 2.52. The summed E-state index contributed by atoms with van der Waals surface area (Å²) in [7, 11) is 1.42. The van der Waals surface area contributed by atoms with Crippen molar-refractivity contribution in [2.24, 2.45) is 22.9 Å². The molecule has 2 aromatic carbocycles. The molecule has 3 N–H and O–H groups in total. The average molecular weight is 550 g/mol. The first-order valence-corrected chi connectivity index (χ1v) is 12.6. The van der Waals surface area contributed by atoms with Crippen LogP contribution in [0, 0.1) is 23.6 Å². The van der Waals surface area contributed by atoms with E-state index in [-0.39, 0.29) is 29.7 Å². The van der Waals surface area contributed by atoms with Crippen molar-refractivity contribution < 1.29 is 41.8 Å². The highest BCUT2D eigenvalue weighted by atomic mass is 19.4. The Bertz CT molecular complexity index is 1310. The molecule has 12 heteroatoms. The molecular weight excluding hydrogens is 522 g/mol. The Balaban J connectivity index is 1.34. The normalized spacial score (nSPS) is 25.7. The minimum atomic E-state index is -4.91. The number of aliphatic hydroxyl groups is 1. The summed E-state index contributed by atoms with van der Waals surface area (Å²) < 4.78 is 58.5. The monoisotopic (exact) mass is 549 g/mol. The molecule has 39 heavy (non-hydrogen) atoms. The first-order chi connectivity index (χ1) is 18.6. The molecule has 1 aliphatic heterocycles. The lowest BCUT2D eigenvalue weighted by molar-refractivity contribution is -0.140. The fraction of sp³-hybridized carbons (Fsp3) is 0.444. The Labute approximate surface area is 221 Å². The number of hydrogen-bond donors (Lipinski definition) is 3. The van der Waals surface area contributed by atoms with Crippen molar-refractivity contribution in [1.82, 2.24) is 5.32 Å². The van der Waals surface area contributed by atoms with Crippen LogP contribution < -0.4 is 15.4 Å². The summed E-state index contributed by atoms with van der Waals surface area (Å²) in [4.78, 5) is 31.8. The SMILES string of the molecule is COc1ccc(C2=NOC(CO)C2)cc1C(=O)N[C@H]1[C@@H]2CCC[C@@H]2[C@H]1C(=O)Nc1ccc(F)c(C(F)(F)F)c1. The third-order valence-corrected chi connectivity index (χ3v) is 7.79. The van der Waals surface area contributed by atoms with E-state index in [0.717, 1.165) is 25.3 Å². The smallest absolute Gasteiger partial charge is 0.419 e. The number of rotatable bonds is 7. The summed E-state index contributed by atoms with van der Waals surface area (Å²) in [5, 5.41) is 18.7. The second kappa shape index (κ2) is 10.5. The molecule has 1 heterocycles. The minimum Gasteiger partial charge on any atom is -0.496 e. The Hall–Kier alpha value is -3.67. The van der Waals surface area contributed by atoms with Crippen molar-refractivity contribution >= 4 is 23.2 Å². The largest absolute Gasteiger partial charge is 0.496 e. The Morgan fingerprint density at radius 2 is 1.92 bits per heavy atom. The molecule has 208 valence electrons. The van der Waals surface area contributed by atoms with E-state index in [2.05, 4.69) is 15.8 Å². The fourth-order valence-electron chi connectivity index (χ4n) is 5.89. The van der Waals surface area contributed by atoms with Crippen LogP contribution >= 0.6 is 0 Å². The molecule has 8 nitrogen and oxygen atoms in total. The summed E-state index contributed by atoms with van der Waals surface area (Å²) in [6.45, 7) is -0.195. The van der Waals surface area contributed by atoms with Gasteiger partial charge in [-0.3, -0.25) is 9.59 Å². The molecule has 5 atom stereocenters. The number of alkyl halides is 3. The topological polar surface area (TPSA) is 109 Å². The zero-order valence-corrected chi connectivity index (χ0v) is 20.9. The molecule has 2 aromatic rings. The highest BCUT2D eigenvalue weighted by Gasteiger charge is 2.56. The van der Waals surface area contributed by atoms with Crippen LogP contribution in [-0.2, 0) is 15.8 Å². The third-order valence-electron chi connectivity index (χ3n) is 7.79. The average Bonchev–Trinajstić information content (AvgIpc) is 3.55. The van der Waals surface area contributed by atoms with Crippen LogP contribution in [0.1, 0.15) is 47.2 Å². The number of nitrogens with one attached hydrogen (secondary N) is 2. The maximum atomic E-state index is 13.7. The number of amides is 2. The first-order valence-electron chi connectivity index (χ1n) is 12.6. The van der Waals surface area contributed by atoms with E-state index in [0.29, 0.717) is 35.6 Å². The van der Waals surface area contributed by atoms with Gasteiger partial charge in [0.25, 0.3) is 5.91 Å². The van der Waals surface area contributed by atoms with Gasteiger partial charge in [0.2, 0.25) is 5.91 Å². The van der Waals surface area contributed by atoms with Crippen molar-refractivity contribution in [3.8, 4) is 5.75 Å². The van der Waals surface area contributed by atoms with Gasteiger partial charge in [-0.1, -0.05) is 11.6 Å². The lowest BCUT2D eigenvalue weighted by atomic mass is 9.61. The first kappa shape index (κ1) is 26.9. The van der Waals surface area contributed by atoms with Crippen LogP contribution in [0.3, 0.4) is 0 Å². The van der Waals surface area contributed by atoms with Gasteiger partial charge in [0.05, 0.1) is 36.5 Å². The standard InChI is InChI=1S/C27H27F4N3O5/c1-38-22-8-5-13(21-11-15(12-35)39-34-21)9-18(22)25(36)33-24-17-4-2-3-16(17)23(24)26(37)32-14-6-7-20(28)19(10-14)27(29,30)31/h5-10,15-17,23-24,35H,2-4,11-12H2,1H3,(H,32,37)(H,33,36)/t15?,16-,17+,23+,24-/m0/s1. The summed E-state index contributed by atoms with van der Waals surface area (Å²) in [5.74, 6) is -2.75. The van der Waals surface area contributed by atoms with Gasteiger partial charge in [-0.05, 0) is 61.1 Å². The van der Waals surface area contributed by atoms with Gasteiger partial charge in [0, 0.05) is 23.7 Å². The van der Waals surface area contributed by atoms with E-state index >= 15 is 0 Å². The van der Waals surface area contributed by atoms with E-state index in [1.165, 1.54) is 7.11 Å². The quantitative estimate of drug-likeness (QED) is 0.451. The summed E-state index contributed by atoms with van der Waals surface area (Å²) in [6.07, 6.45) is -2.56. The molecule has 2 fully saturated rings. The molecule has 2 aliphatic carbocycles. The molecule has 5 rings (SSSR count). The van der Waals surface area contributed by atoms with Crippen LogP contribution in [0.15, 0.2) is 41.6 Å². The molecule has 3 aliphatic rings. The number of nitrogens with zero attached hydrogens (tertiary/aromatic N) is 1. The molecule has 0 aromatic heterocycles. The lowest BCUT2D eigenvalue weighted by Gasteiger charge is -2.48. The van der Waals surface area contributed by atoms with Gasteiger partial charge in [-0.25, -0.2) is 4.39 Å². The number of hydrogen-bond acceptors (Lipinski definition) is 6. The van der Waals surface area contributed by atoms with Gasteiger partial charge < -0.3 is 25.3 Å².